The Bertz CT molecular complexity index is 885. The molecule has 2 amide bonds. The molecule has 1 aliphatic rings. The van der Waals surface area contributed by atoms with E-state index in [1.54, 1.807) is 37.3 Å². The number of rotatable bonds is 6. The summed E-state index contributed by atoms with van der Waals surface area (Å²) in [4.78, 5) is 27.3. The van der Waals surface area contributed by atoms with Crippen LogP contribution < -0.4 is 20.2 Å². The maximum absolute atomic E-state index is 13.1. The molecule has 0 unspecified atom stereocenters. The zero-order valence-electron chi connectivity index (χ0n) is 17.3. The average Bonchev–Trinajstić information content (AvgIpc) is 2.87. The fourth-order valence-electron chi connectivity index (χ4n) is 3.57. The summed E-state index contributed by atoms with van der Waals surface area (Å²) >= 11 is 1.49. The number of ether oxygens (including phenoxy) is 2. The second-order valence-electron chi connectivity index (χ2n) is 7.10. The van der Waals surface area contributed by atoms with Crippen molar-refractivity contribution in [1.29, 1.82) is 0 Å². The molecule has 8 heteroatoms. The van der Waals surface area contributed by atoms with Crippen molar-refractivity contribution < 1.29 is 19.1 Å². The van der Waals surface area contributed by atoms with Crippen LogP contribution in [-0.4, -0.2) is 45.1 Å². The lowest BCUT2D eigenvalue weighted by atomic mass is 10.0. The minimum Gasteiger partial charge on any atom is -0.496 e. The Balaban J connectivity index is 2.01. The molecule has 1 aliphatic carbocycles. The molecule has 1 aromatic heterocycles. The van der Waals surface area contributed by atoms with Crippen LogP contribution in [0.25, 0.3) is 0 Å². The monoisotopic (exact) mass is 417 g/mol. The van der Waals surface area contributed by atoms with Crippen LogP contribution in [0.5, 0.6) is 11.5 Å². The molecule has 0 atom stereocenters. The number of nitrogens with one attached hydrogen (secondary N) is 2. The summed E-state index contributed by atoms with van der Waals surface area (Å²) in [6, 6.07) is 5.18. The van der Waals surface area contributed by atoms with E-state index in [4.69, 9.17) is 9.47 Å². The highest BCUT2D eigenvalue weighted by Crippen LogP contribution is 2.38. The third-order valence-electron chi connectivity index (χ3n) is 4.86. The fraction of sp³-hybridized carbons (Fsp3) is 0.429. The van der Waals surface area contributed by atoms with Gasteiger partial charge in [-0.3, -0.25) is 15.0 Å². The summed E-state index contributed by atoms with van der Waals surface area (Å²) in [6.07, 6.45) is 5.05. The molecule has 0 aliphatic heterocycles. The van der Waals surface area contributed by atoms with Crippen molar-refractivity contribution in [3.63, 3.8) is 0 Å². The second-order valence-corrected chi connectivity index (χ2v) is 8.20. The first kappa shape index (κ1) is 21.1. The first-order valence-electron chi connectivity index (χ1n) is 9.61. The van der Waals surface area contributed by atoms with E-state index in [9.17, 15) is 9.59 Å². The number of hydrogen-bond donors (Lipinski definition) is 2. The van der Waals surface area contributed by atoms with Gasteiger partial charge in [0.2, 0.25) is 0 Å². The molecule has 0 fully saturated rings. The molecule has 0 saturated carbocycles. The van der Waals surface area contributed by atoms with E-state index in [1.165, 1.54) is 30.4 Å². The van der Waals surface area contributed by atoms with Gasteiger partial charge in [-0.25, -0.2) is 5.01 Å². The third kappa shape index (κ3) is 4.54. The number of fused-ring (bicyclic) bond motifs is 1. The van der Waals surface area contributed by atoms with Crippen molar-refractivity contribution in [2.75, 3.05) is 33.6 Å². The number of carbonyl (C=O) groups excluding carboxylic acids is 2. The lowest BCUT2D eigenvalue weighted by Crippen LogP contribution is -2.36. The zero-order valence-corrected chi connectivity index (χ0v) is 18.1. The normalized spacial score (nSPS) is 13.4. The van der Waals surface area contributed by atoms with Crippen LogP contribution in [0.3, 0.4) is 0 Å². The Morgan fingerprint density at radius 2 is 1.62 bits per heavy atom. The number of thiophene rings is 1. The van der Waals surface area contributed by atoms with Gasteiger partial charge in [0.05, 0.1) is 19.8 Å². The third-order valence-corrected chi connectivity index (χ3v) is 6.06. The number of amides is 2. The summed E-state index contributed by atoms with van der Waals surface area (Å²) in [5.74, 6) is 0.254. The van der Waals surface area contributed by atoms with Crippen LogP contribution in [-0.2, 0) is 12.8 Å². The van der Waals surface area contributed by atoms with Gasteiger partial charge < -0.3 is 14.8 Å². The molecular weight excluding hydrogens is 390 g/mol. The van der Waals surface area contributed by atoms with Crippen LogP contribution in [0.1, 0.15) is 50.4 Å². The molecular formula is C21H27N3O4S. The van der Waals surface area contributed by atoms with E-state index in [0.29, 0.717) is 27.6 Å². The summed E-state index contributed by atoms with van der Waals surface area (Å²) in [6.45, 7) is 0. The van der Waals surface area contributed by atoms with Crippen molar-refractivity contribution in [2.45, 2.75) is 32.1 Å². The molecule has 156 valence electrons. The van der Waals surface area contributed by atoms with E-state index in [1.807, 2.05) is 0 Å². The lowest BCUT2D eigenvalue weighted by molar-refractivity contribution is 0.0857. The van der Waals surface area contributed by atoms with Crippen molar-refractivity contribution in [2.24, 2.45) is 0 Å². The SMILES string of the molecule is COc1cccc(OC)c1C(=O)Nc1sc2c(c1C(=O)NN(C)C)CCCCC2. The first-order chi connectivity index (χ1) is 14.0. The molecule has 3 rings (SSSR count). The average molecular weight is 418 g/mol. The van der Waals surface area contributed by atoms with E-state index >= 15 is 0 Å². The van der Waals surface area contributed by atoms with Gasteiger partial charge in [-0.1, -0.05) is 12.5 Å². The summed E-state index contributed by atoms with van der Waals surface area (Å²) in [7, 11) is 6.55. The predicted octanol–water partition coefficient (Wildman–Crippen LogP) is 3.49. The number of carbonyl (C=O) groups is 2. The highest BCUT2D eigenvalue weighted by Gasteiger charge is 2.27. The van der Waals surface area contributed by atoms with Crippen molar-refractivity contribution in [1.82, 2.24) is 10.4 Å². The molecule has 2 aromatic rings. The number of benzene rings is 1. The number of hydrazine groups is 1. The van der Waals surface area contributed by atoms with Gasteiger partial charge in [0, 0.05) is 19.0 Å². The number of hydrogen-bond acceptors (Lipinski definition) is 6. The van der Waals surface area contributed by atoms with Crippen molar-refractivity contribution >= 4 is 28.2 Å². The largest absolute Gasteiger partial charge is 0.496 e. The van der Waals surface area contributed by atoms with Crippen molar-refractivity contribution in [3.05, 3.63) is 39.8 Å². The predicted molar refractivity (Wildman–Crippen MR) is 114 cm³/mol. The van der Waals surface area contributed by atoms with Gasteiger partial charge in [0.1, 0.15) is 22.1 Å². The summed E-state index contributed by atoms with van der Waals surface area (Å²) in [5, 5.41) is 5.12. The van der Waals surface area contributed by atoms with Crippen molar-refractivity contribution in [3.8, 4) is 11.5 Å². The second kappa shape index (κ2) is 9.28. The molecule has 0 spiro atoms. The number of aryl methyl sites for hydroxylation is 1. The van der Waals surface area contributed by atoms with Crippen LogP contribution in [0.2, 0.25) is 0 Å². The number of nitrogens with zero attached hydrogens (tertiary/aromatic N) is 1. The quantitative estimate of drug-likeness (QED) is 0.556. The molecule has 7 nitrogen and oxygen atoms in total. The van der Waals surface area contributed by atoms with Crippen LogP contribution in [0, 0.1) is 0 Å². The molecule has 2 N–H and O–H groups in total. The minimum absolute atomic E-state index is 0.211. The van der Waals surface area contributed by atoms with E-state index < -0.39 is 0 Å². The van der Waals surface area contributed by atoms with Gasteiger partial charge >= 0.3 is 0 Å². The molecule has 1 heterocycles. The standard InChI is InChI=1S/C21H27N3O4S/c1-24(2)23-20(26)17-13-9-6-5-7-12-16(13)29-21(17)22-19(25)18-14(27-3)10-8-11-15(18)28-4/h8,10-11H,5-7,9,12H2,1-4H3,(H,22,25)(H,23,26). The topological polar surface area (TPSA) is 79.9 Å². The molecule has 0 bridgehead atoms. The Labute approximate surface area is 175 Å². The van der Waals surface area contributed by atoms with Crippen LogP contribution >= 0.6 is 11.3 Å². The Morgan fingerprint density at radius 3 is 2.24 bits per heavy atom. The molecule has 0 saturated heterocycles. The maximum atomic E-state index is 13.1. The smallest absolute Gasteiger partial charge is 0.268 e. The molecule has 29 heavy (non-hydrogen) atoms. The van der Waals surface area contributed by atoms with Gasteiger partial charge in [-0.05, 0) is 43.4 Å². The lowest BCUT2D eigenvalue weighted by Gasteiger charge is -2.15. The highest BCUT2D eigenvalue weighted by atomic mass is 32.1. The summed E-state index contributed by atoms with van der Waals surface area (Å²) in [5.41, 5.74) is 4.73. The van der Waals surface area contributed by atoms with E-state index in [-0.39, 0.29) is 11.8 Å². The number of anilines is 1. The van der Waals surface area contributed by atoms with Gasteiger partial charge in [-0.2, -0.15) is 0 Å². The Hall–Kier alpha value is -2.58. The van der Waals surface area contributed by atoms with Gasteiger partial charge in [0.25, 0.3) is 11.8 Å². The minimum atomic E-state index is -0.366. The Kier molecular flexibility index (Phi) is 6.76. The molecule has 1 aromatic carbocycles. The van der Waals surface area contributed by atoms with Gasteiger partial charge in [-0.15, -0.1) is 11.3 Å². The first-order valence-corrected chi connectivity index (χ1v) is 10.4. The maximum Gasteiger partial charge on any atom is 0.268 e. The van der Waals surface area contributed by atoms with E-state index in [2.05, 4.69) is 10.7 Å². The highest BCUT2D eigenvalue weighted by molar-refractivity contribution is 7.17. The molecule has 0 radical (unpaired) electrons. The fourth-order valence-corrected chi connectivity index (χ4v) is 4.85. The van der Waals surface area contributed by atoms with E-state index in [0.717, 1.165) is 37.7 Å². The number of methoxy groups -OCH3 is 2. The Morgan fingerprint density at radius 1 is 0.966 bits per heavy atom. The van der Waals surface area contributed by atoms with Crippen LogP contribution in [0.15, 0.2) is 18.2 Å². The summed E-state index contributed by atoms with van der Waals surface area (Å²) < 4.78 is 10.7. The zero-order chi connectivity index (χ0) is 21.0. The van der Waals surface area contributed by atoms with Gasteiger partial charge in [0.15, 0.2) is 0 Å². The van der Waals surface area contributed by atoms with Crippen LogP contribution in [0.4, 0.5) is 5.00 Å².